The first kappa shape index (κ1) is 18.4. The summed E-state index contributed by atoms with van der Waals surface area (Å²) >= 11 is 0. The second kappa shape index (κ2) is 7.12. The third-order valence-corrected chi connectivity index (χ3v) is 6.63. The van der Waals surface area contributed by atoms with Crippen molar-refractivity contribution in [3.8, 4) is 28.3 Å². The molecule has 2 aliphatic rings. The normalized spacial score (nSPS) is 15.1. The van der Waals surface area contributed by atoms with Gasteiger partial charge in [0.05, 0.1) is 11.4 Å². The van der Waals surface area contributed by atoms with Crippen molar-refractivity contribution in [3.05, 3.63) is 78.5 Å². The van der Waals surface area contributed by atoms with Crippen LogP contribution in [0.1, 0.15) is 25.3 Å². The lowest BCUT2D eigenvalue weighted by molar-refractivity contribution is 0.380. The summed E-state index contributed by atoms with van der Waals surface area (Å²) in [7, 11) is 0. The van der Waals surface area contributed by atoms with E-state index in [4.69, 9.17) is 0 Å². The maximum Gasteiger partial charge on any atom is 0.161 e. The number of rotatable bonds is 4. The van der Waals surface area contributed by atoms with Gasteiger partial charge in [0, 0.05) is 49.5 Å². The molecule has 2 aromatic heterocycles. The van der Waals surface area contributed by atoms with Gasteiger partial charge >= 0.3 is 0 Å². The molecule has 2 aromatic carbocycles. The highest BCUT2D eigenvalue weighted by Crippen LogP contribution is 2.36. The van der Waals surface area contributed by atoms with Crippen molar-refractivity contribution in [1.82, 2.24) is 14.1 Å². The van der Waals surface area contributed by atoms with Gasteiger partial charge in [0.2, 0.25) is 0 Å². The first-order valence-corrected chi connectivity index (χ1v) is 11.1. The van der Waals surface area contributed by atoms with Gasteiger partial charge in [-0.1, -0.05) is 25.5 Å². The third kappa shape index (κ3) is 3.07. The zero-order chi connectivity index (χ0) is 20.9. The van der Waals surface area contributed by atoms with Crippen LogP contribution in [0.15, 0.2) is 67.1 Å². The molecule has 0 saturated carbocycles. The molecule has 0 spiro atoms. The molecule has 0 atom stereocenters. The van der Waals surface area contributed by atoms with Crippen LogP contribution in [0.25, 0.3) is 28.3 Å². The summed E-state index contributed by atoms with van der Waals surface area (Å²) in [5, 5.41) is 0. The van der Waals surface area contributed by atoms with Crippen LogP contribution in [-0.2, 0) is 6.54 Å². The van der Waals surface area contributed by atoms with Crippen LogP contribution in [-0.4, -0.2) is 27.2 Å². The van der Waals surface area contributed by atoms with Crippen molar-refractivity contribution in [1.29, 1.82) is 0 Å². The van der Waals surface area contributed by atoms with Gasteiger partial charge in [0.25, 0.3) is 0 Å². The molecule has 6 rings (SSSR count). The molecule has 156 valence electrons. The van der Waals surface area contributed by atoms with E-state index in [-0.39, 0.29) is 5.82 Å². The van der Waals surface area contributed by atoms with E-state index in [1.807, 2.05) is 24.5 Å². The highest BCUT2D eigenvalue weighted by molar-refractivity contribution is 5.72. The van der Waals surface area contributed by atoms with E-state index in [1.165, 1.54) is 41.9 Å². The lowest BCUT2D eigenvalue weighted by Gasteiger charge is -2.41. The number of nitrogens with zero attached hydrogens (tertiary/aromatic N) is 4. The molecule has 0 amide bonds. The van der Waals surface area contributed by atoms with Crippen LogP contribution in [0, 0.1) is 11.7 Å². The number of anilines is 1. The molecular weight excluding hydrogens is 387 g/mol. The van der Waals surface area contributed by atoms with Crippen LogP contribution in [0.2, 0.25) is 0 Å². The van der Waals surface area contributed by atoms with E-state index >= 15 is 0 Å². The van der Waals surface area contributed by atoms with Crippen molar-refractivity contribution < 1.29 is 4.39 Å². The number of fused-ring (bicyclic) bond motifs is 5. The van der Waals surface area contributed by atoms with Crippen LogP contribution < -0.4 is 4.90 Å². The highest BCUT2D eigenvalue weighted by atomic mass is 19.1. The van der Waals surface area contributed by atoms with Crippen LogP contribution in [0.4, 0.5) is 10.1 Å². The average Bonchev–Trinajstić information content (AvgIpc) is 3.36. The summed E-state index contributed by atoms with van der Waals surface area (Å²) in [5.41, 5.74) is 6.95. The Labute approximate surface area is 181 Å². The highest BCUT2D eigenvalue weighted by Gasteiger charge is 2.27. The summed E-state index contributed by atoms with van der Waals surface area (Å²) in [4.78, 5) is 7.15. The molecule has 31 heavy (non-hydrogen) atoms. The van der Waals surface area contributed by atoms with Gasteiger partial charge in [-0.25, -0.2) is 9.37 Å². The van der Waals surface area contributed by atoms with Gasteiger partial charge in [0.15, 0.2) is 5.82 Å². The van der Waals surface area contributed by atoms with Crippen molar-refractivity contribution in [2.45, 2.75) is 26.3 Å². The molecule has 1 fully saturated rings. The van der Waals surface area contributed by atoms with Crippen LogP contribution in [0.5, 0.6) is 0 Å². The Morgan fingerprint density at radius 2 is 1.87 bits per heavy atom. The third-order valence-electron chi connectivity index (χ3n) is 6.63. The Balaban J connectivity index is 1.39. The number of halogens is 1. The molecule has 0 radical (unpaired) electrons. The van der Waals surface area contributed by atoms with E-state index in [0.717, 1.165) is 48.2 Å². The SMILES string of the molecule is CCCC1CN(c2ccc3c(c2)Cn2cc(-c4ccc(F)cc4)cc2-c2nccn2-3)C1. The summed E-state index contributed by atoms with van der Waals surface area (Å²) in [5.74, 6) is 1.55. The minimum absolute atomic E-state index is 0.214. The lowest BCUT2D eigenvalue weighted by atomic mass is 9.94. The smallest absolute Gasteiger partial charge is 0.161 e. The Hall–Kier alpha value is -3.34. The number of aromatic nitrogens is 3. The zero-order valence-electron chi connectivity index (χ0n) is 17.6. The van der Waals surface area contributed by atoms with Gasteiger partial charge < -0.3 is 9.47 Å². The standard InChI is InChI=1S/C26H25FN4/c1-2-3-18-14-29(15-18)23-8-9-24-21(12-23)17-30-16-20(19-4-6-22(27)7-5-19)13-25(30)26-28-10-11-31(24)26/h4-13,16,18H,2-3,14-15,17H2,1H3. The molecular formula is C26H25FN4. The number of hydrogen-bond acceptors (Lipinski definition) is 2. The second-order valence-electron chi connectivity index (χ2n) is 8.74. The Morgan fingerprint density at radius 1 is 1.03 bits per heavy atom. The van der Waals surface area contributed by atoms with E-state index in [9.17, 15) is 4.39 Å². The molecule has 1 saturated heterocycles. The summed E-state index contributed by atoms with van der Waals surface area (Å²) in [6.45, 7) is 5.37. The van der Waals surface area contributed by atoms with Crippen molar-refractivity contribution in [2.24, 2.45) is 5.92 Å². The van der Waals surface area contributed by atoms with Crippen LogP contribution >= 0.6 is 0 Å². The number of hydrogen-bond donors (Lipinski definition) is 0. The fourth-order valence-electron chi connectivity index (χ4n) is 5.00. The van der Waals surface area contributed by atoms with Gasteiger partial charge in [0.1, 0.15) is 5.82 Å². The first-order chi connectivity index (χ1) is 15.2. The van der Waals surface area contributed by atoms with E-state index in [1.54, 1.807) is 0 Å². The maximum absolute atomic E-state index is 13.4. The molecule has 4 nitrogen and oxygen atoms in total. The second-order valence-corrected chi connectivity index (χ2v) is 8.74. The topological polar surface area (TPSA) is 26.0 Å². The predicted molar refractivity (Wildman–Crippen MR) is 122 cm³/mol. The first-order valence-electron chi connectivity index (χ1n) is 11.1. The number of imidazole rings is 1. The van der Waals surface area contributed by atoms with Gasteiger partial charge in [-0.3, -0.25) is 4.57 Å². The zero-order valence-corrected chi connectivity index (χ0v) is 17.6. The molecule has 0 bridgehead atoms. The van der Waals surface area contributed by atoms with Gasteiger partial charge in [-0.15, -0.1) is 0 Å². The molecule has 0 N–H and O–H groups in total. The monoisotopic (exact) mass is 412 g/mol. The molecule has 5 heteroatoms. The lowest BCUT2D eigenvalue weighted by Crippen LogP contribution is -2.46. The minimum Gasteiger partial charge on any atom is -0.371 e. The van der Waals surface area contributed by atoms with E-state index in [2.05, 4.69) is 56.4 Å². The Kier molecular flexibility index (Phi) is 4.23. The predicted octanol–water partition coefficient (Wildman–Crippen LogP) is 5.74. The van der Waals surface area contributed by atoms with Crippen molar-refractivity contribution in [2.75, 3.05) is 18.0 Å². The molecule has 0 aliphatic carbocycles. The Bertz CT molecular complexity index is 1240. The quantitative estimate of drug-likeness (QED) is 0.376. The molecule has 0 unspecified atom stereocenters. The molecule has 4 heterocycles. The van der Waals surface area contributed by atoms with Gasteiger partial charge in [-0.05, 0) is 59.9 Å². The minimum atomic E-state index is -0.214. The maximum atomic E-state index is 13.4. The van der Waals surface area contributed by atoms with Crippen molar-refractivity contribution >= 4 is 5.69 Å². The van der Waals surface area contributed by atoms with Crippen molar-refractivity contribution in [3.63, 3.8) is 0 Å². The summed E-state index contributed by atoms with van der Waals surface area (Å²) < 4.78 is 17.8. The van der Waals surface area contributed by atoms with E-state index in [0.29, 0.717) is 0 Å². The Morgan fingerprint density at radius 3 is 2.68 bits per heavy atom. The van der Waals surface area contributed by atoms with Crippen LogP contribution in [0.3, 0.4) is 0 Å². The average molecular weight is 413 g/mol. The van der Waals surface area contributed by atoms with E-state index < -0.39 is 0 Å². The number of benzene rings is 2. The van der Waals surface area contributed by atoms with Gasteiger partial charge in [-0.2, -0.15) is 0 Å². The summed E-state index contributed by atoms with van der Waals surface area (Å²) in [6.07, 6.45) is 8.63. The molecule has 4 aromatic rings. The fourth-order valence-corrected chi connectivity index (χ4v) is 5.00. The largest absolute Gasteiger partial charge is 0.371 e. The molecule has 2 aliphatic heterocycles. The summed E-state index contributed by atoms with van der Waals surface area (Å²) in [6, 6.07) is 15.7. The fraction of sp³-hybridized carbons (Fsp3) is 0.269.